The molecule has 0 aliphatic rings. The Hall–Kier alpha value is -2.12. The number of benzene rings is 2. The summed E-state index contributed by atoms with van der Waals surface area (Å²) in [4.78, 5) is 27.1. The Labute approximate surface area is 189 Å². The van der Waals surface area contributed by atoms with Gasteiger partial charge in [0.1, 0.15) is 17.6 Å². The molecule has 5 nitrogen and oxygen atoms in total. The molecule has 0 radical (unpaired) electrons. The fraction of sp³-hybridized carbons (Fsp3) is 0.364. The molecule has 0 spiro atoms. The molecule has 0 saturated heterocycles. The van der Waals surface area contributed by atoms with Gasteiger partial charge in [-0.05, 0) is 63.6 Å². The molecule has 2 aromatic carbocycles. The molecule has 2 rings (SSSR count). The van der Waals surface area contributed by atoms with E-state index in [-0.39, 0.29) is 24.9 Å². The summed E-state index contributed by atoms with van der Waals surface area (Å²) in [6.07, 6.45) is 0. The van der Waals surface area contributed by atoms with Crippen molar-refractivity contribution in [1.29, 1.82) is 0 Å². The summed E-state index contributed by atoms with van der Waals surface area (Å²) in [7, 11) is 0. The zero-order chi connectivity index (χ0) is 22.5. The average Bonchev–Trinajstić information content (AvgIpc) is 2.64. The van der Waals surface area contributed by atoms with Gasteiger partial charge < -0.3 is 15.0 Å². The minimum Gasteiger partial charge on any atom is -0.482 e. The zero-order valence-corrected chi connectivity index (χ0v) is 19.7. The third-order valence-corrected chi connectivity index (χ3v) is 4.97. The van der Waals surface area contributed by atoms with Crippen molar-refractivity contribution in [2.24, 2.45) is 0 Å². The van der Waals surface area contributed by atoms with Crippen molar-refractivity contribution in [2.45, 2.75) is 45.8 Å². The lowest BCUT2D eigenvalue weighted by Crippen LogP contribution is -2.53. The molecular formula is C22H25BrClFN2O3. The van der Waals surface area contributed by atoms with E-state index in [2.05, 4.69) is 21.2 Å². The average molecular weight is 500 g/mol. The third-order valence-electron chi connectivity index (χ3n) is 4.18. The molecule has 0 unspecified atom stereocenters. The molecule has 0 aromatic heterocycles. The normalized spacial score (nSPS) is 12.2. The number of carbonyl (C=O) groups excluding carboxylic acids is 2. The van der Waals surface area contributed by atoms with Crippen LogP contribution in [0, 0.1) is 5.82 Å². The van der Waals surface area contributed by atoms with Crippen LogP contribution in [0.15, 0.2) is 46.9 Å². The van der Waals surface area contributed by atoms with Gasteiger partial charge in [-0.1, -0.05) is 39.7 Å². The number of rotatable bonds is 7. The van der Waals surface area contributed by atoms with Crippen LogP contribution in [0.2, 0.25) is 5.02 Å². The molecule has 0 aliphatic carbocycles. The van der Waals surface area contributed by atoms with Crippen LogP contribution in [0.25, 0.3) is 0 Å². The minimum atomic E-state index is -0.759. The second-order valence-corrected chi connectivity index (χ2v) is 9.25. The summed E-state index contributed by atoms with van der Waals surface area (Å²) in [5, 5.41) is 3.24. The Morgan fingerprint density at radius 1 is 1.20 bits per heavy atom. The molecule has 0 aliphatic heterocycles. The van der Waals surface area contributed by atoms with Crippen molar-refractivity contribution in [2.75, 3.05) is 6.61 Å². The van der Waals surface area contributed by atoms with Gasteiger partial charge in [0.25, 0.3) is 5.91 Å². The number of halogens is 3. The highest BCUT2D eigenvalue weighted by atomic mass is 79.9. The molecule has 0 bridgehead atoms. The monoisotopic (exact) mass is 498 g/mol. The van der Waals surface area contributed by atoms with Crippen LogP contribution in [0.5, 0.6) is 5.75 Å². The van der Waals surface area contributed by atoms with Gasteiger partial charge in [-0.3, -0.25) is 9.59 Å². The fourth-order valence-electron chi connectivity index (χ4n) is 2.66. The third kappa shape index (κ3) is 7.29. The van der Waals surface area contributed by atoms with Crippen molar-refractivity contribution >= 4 is 39.3 Å². The van der Waals surface area contributed by atoms with Gasteiger partial charge in [0, 0.05) is 16.6 Å². The van der Waals surface area contributed by atoms with Crippen LogP contribution in [-0.4, -0.2) is 34.9 Å². The Balaban J connectivity index is 2.18. The lowest BCUT2D eigenvalue weighted by Gasteiger charge is -2.31. The Morgan fingerprint density at radius 2 is 1.83 bits per heavy atom. The summed E-state index contributed by atoms with van der Waals surface area (Å²) in [6.45, 7) is 7.08. The van der Waals surface area contributed by atoms with Crippen molar-refractivity contribution < 1.29 is 18.7 Å². The van der Waals surface area contributed by atoms with E-state index in [0.29, 0.717) is 16.3 Å². The highest BCUT2D eigenvalue weighted by molar-refractivity contribution is 9.10. The SMILES string of the molecule is C[C@H](C(=O)NC(C)(C)C)N(Cc1ccc(F)cc1)C(=O)COc1ccc(Br)cc1Cl. The number of carbonyl (C=O) groups is 2. The molecule has 8 heteroatoms. The summed E-state index contributed by atoms with van der Waals surface area (Å²) in [5.41, 5.74) is 0.249. The standard InChI is InChI=1S/C22H25BrClFN2O3/c1-14(21(29)26-22(2,3)4)27(12-15-5-8-17(25)9-6-15)20(28)13-30-19-10-7-16(23)11-18(19)24/h5-11,14H,12-13H2,1-4H3,(H,26,29)/t14-/m1/s1. The molecule has 2 aromatic rings. The summed E-state index contributed by atoms with van der Waals surface area (Å²) < 4.78 is 19.6. The number of amides is 2. The molecule has 0 heterocycles. The van der Waals surface area contributed by atoms with E-state index in [4.69, 9.17) is 16.3 Å². The maximum absolute atomic E-state index is 13.2. The quantitative estimate of drug-likeness (QED) is 0.586. The van der Waals surface area contributed by atoms with Crippen LogP contribution < -0.4 is 10.1 Å². The second kappa shape index (κ2) is 10.3. The van der Waals surface area contributed by atoms with E-state index in [1.807, 2.05) is 20.8 Å². The molecule has 162 valence electrons. The zero-order valence-electron chi connectivity index (χ0n) is 17.3. The van der Waals surface area contributed by atoms with Gasteiger partial charge in [0.15, 0.2) is 6.61 Å². The van der Waals surface area contributed by atoms with E-state index in [1.54, 1.807) is 37.3 Å². The maximum atomic E-state index is 13.2. The van der Waals surface area contributed by atoms with Crippen LogP contribution in [0.3, 0.4) is 0 Å². The number of nitrogens with zero attached hydrogens (tertiary/aromatic N) is 1. The van der Waals surface area contributed by atoms with Crippen LogP contribution in [0.1, 0.15) is 33.3 Å². The number of hydrogen-bond acceptors (Lipinski definition) is 3. The molecule has 1 N–H and O–H groups in total. The van der Waals surface area contributed by atoms with E-state index in [1.165, 1.54) is 17.0 Å². The molecule has 0 fully saturated rings. The summed E-state index contributed by atoms with van der Waals surface area (Å²) in [6, 6.07) is 10.1. The predicted molar refractivity (Wildman–Crippen MR) is 119 cm³/mol. The van der Waals surface area contributed by atoms with Crippen LogP contribution >= 0.6 is 27.5 Å². The fourth-order valence-corrected chi connectivity index (χ4v) is 3.39. The first-order valence-electron chi connectivity index (χ1n) is 9.40. The molecule has 0 saturated carbocycles. The van der Waals surface area contributed by atoms with Gasteiger partial charge in [-0.2, -0.15) is 0 Å². The topological polar surface area (TPSA) is 58.6 Å². The lowest BCUT2D eigenvalue weighted by atomic mass is 10.1. The molecule has 1 atom stereocenters. The van der Waals surface area contributed by atoms with Gasteiger partial charge in [0.05, 0.1) is 5.02 Å². The Morgan fingerprint density at radius 3 is 2.40 bits per heavy atom. The maximum Gasteiger partial charge on any atom is 0.261 e. The van der Waals surface area contributed by atoms with Crippen molar-refractivity contribution in [3.8, 4) is 5.75 Å². The number of ether oxygens (including phenoxy) is 1. The lowest BCUT2D eigenvalue weighted by molar-refractivity contribution is -0.142. The van der Waals surface area contributed by atoms with E-state index in [0.717, 1.165) is 4.47 Å². The minimum absolute atomic E-state index is 0.134. The van der Waals surface area contributed by atoms with Crippen molar-refractivity contribution in [3.05, 3.63) is 63.3 Å². The van der Waals surface area contributed by atoms with E-state index >= 15 is 0 Å². The predicted octanol–water partition coefficient (Wildman–Crippen LogP) is 4.95. The summed E-state index contributed by atoms with van der Waals surface area (Å²) >= 11 is 9.46. The smallest absolute Gasteiger partial charge is 0.261 e. The van der Waals surface area contributed by atoms with Gasteiger partial charge in [0.2, 0.25) is 5.91 Å². The highest BCUT2D eigenvalue weighted by Crippen LogP contribution is 2.27. The first-order chi connectivity index (χ1) is 14.0. The summed E-state index contributed by atoms with van der Waals surface area (Å²) in [5.74, 6) is -0.695. The number of hydrogen-bond donors (Lipinski definition) is 1. The van der Waals surface area contributed by atoms with Crippen molar-refractivity contribution in [1.82, 2.24) is 10.2 Å². The van der Waals surface area contributed by atoms with E-state index in [9.17, 15) is 14.0 Å². The Bertz CT molecular complexity index is 900. The molecule has 30 heavy (non-hydrogen) atoms. The van der Waals surface area contributed by atoms with Gasteiger partial charge in [-0.15, -0.1) is 0 Å². The Kier molecular flexibility index (Phi) is 8.26. The number of nitrogens with one attached hydrogen (secondary N) is 1. The van der Waals surface area contributed by atoms with Crippen LogP contribution in [0.4, 0.5) is 4.39 Å². The first-order valence-corrected chi connectivity index (χ1v) is 10.6. The first kappa shape index (κ1) is 24.2. The molecular weight excluding hydrogens is 475 g/mol. The largest absolute Gasteiger partial charge is 0.482 e. The van der Waals surface area contributed by atoms with E-state index < -0.39 is 17.5 Å². The molecule has 2 amide bonds. The second-order valence-electron chi connectivity index (χ2n) is 7.93. The van der Waals surface area contributed by atoms with Crippen LogP contribution in [-0.2, 0) is 16.1 Å². The van der Waals surface area contributed by atoms with Gasteiger partial charge in [-0.25, -0.2) is 4.39 Å². The van der Waals surface area contributed by atoms with Crippen molar-refractivity contribution in [3.63, 3.8) is 0 Å². The highest BCUT2D eigenvalue weighted by Gasteiger charge is 2.28. The van der Waals surface area contributed by atoms with Gasteiger partial charge >= 0.3 is 0 Å².